The van der Waals surface area contributed by atoms with Gasteiger partial charge < -0.3 is 25.4 Å². The maximum atomic E-state index is 11.2. The van der Waals surface area contributed by atoms with Gasteiger partial charge in [0, 0.05) is 50.4 Å². The number of amides is 1. The number of methoxy groups -OCH3 is 2. The van der Waals surface area contributed by atoms with Gasteiger partial charge in [0.1, 0.15) is 11.5 Å². The Morgan fingerprint density at radius 3 is 2.38 bits per heavy atom. The van der Waals surface area contributed by atoms with Gasteiger partial charge >= 0.3 is 0 Å². The van der Waals surface area contributed by atoms with Crippen LogP contribution < -0.4 is 20.5 Å². The average molecular weight is 440 g/mol. The van der Waals surface area contributed by atoms with E-state index in [2.05, 4.69) is 22.0 Å². The Balaban J connectivity index is 1.60. The van der Waals surface area contributed by atoms with Gasteiger partial charge in [0.15, 0.2) is 5.96 Å². The van der Waals surface area contributed by atoms with Crippen LogP contribution >= 0.6 is 0 Å². The van der Waals surface area contributed by atoms with Gasteiger partial charge in [0.05, 0.1) is 20.8 Å². The van der Waals surface area contributed by atoms with Gasteiger partial charge in [-0.05, 0) is 42.8 Å². The van der Waals surface area contributed by atoms with Crippen molar-refractivity contribution < 1.29 is 14.3 Å². The Kier molecular flexibility index (Phi) is 8.33. The number of carbonyl (C=O) groups excluding carboxylic acids is 1. The monoisotopic (exact) mass is 439 g/mol. The fraction of sp³-hybridized carbons (Fsp3) is 0.417. The molecule has 3 rings (SSSR count). The lowest BCUT2D eigenvalue weighted by Crippen LogP contribution is -2.52. The molecule has 3 N–H and O–H groups in total. The van der Waals surface area contributed by atoms with Crippen molar-refractivity contribution in [2.75, 3.05) is 46.9 Å². The highest BCUT2D eigenvalue weighted by molar-refractivity contribution is 5.92. The number of ether oxygens (including phenoxy) is 2. The lowest BCUT2D eigenvalue weighted by atomic mass is 10.1. The lowest BCUT2D eigenvalue weighted by molar-refractivity contribution is 0.100. The van der Waals surface area contributed by atoms with Crippen LogP contribution in [0, 0.1) is 0 Å². The third kappa shape index (κ3) is 6.13. The first-order chi connectivity index (χ1) is 15.5. The van der Waals surface area contributed by atoms with E-state index in [4.69, 9.17) is 20.2 Å². The molecule has 2 aromatic carbocycles. The van der Waals surface area contributed by atoms with Gasteiger partial charge in [-0.15, -0.1) is 0 Å². The maximum absolute atomic E-state index is 11.2. The summed E-state index contributed by atoms with van der Waals surface area (Å²) in [5.74, 6) is 2.21. The number of nitrogens with two attached hydrogens (primary N) is 1. The molecule has 0 bridgehead atoms. The second kappa shape index (κ2) is 11.4. The molecule has 8 heteroatoms. The zero-order chi connectivity index (χ0) is 22.9. The minimum absolute atomic E-state index is 0.419. The van der Waals surface area contributed by atoms with Crippen molar-refractivity contribution in [2.24, 2.45) is 10.7 Å². The number of rotatable bonds is 8. The van der Waals surface area contributed by atoms with Crippen molar-refractivity contribution in [3.8, 4) is 11.5 Å². The van der Waals surface area contributed by atoms with Crippen molar-refractivity contribution in [3.63, 3.8) is 0 Å². The molecule has 1 fully saturated rings. The number of nitrogens with one attached hydrogen (secondary N) is 1. The summed E-state index contributed by atoms with van der Waals surface area (Å²) in [5, 5.41) is 3.40. The van der Waals surface area contributed by atoms with Crippen LogP contribution in [0.3, 0.4) is 0 Å². The SMILES string of the molecule is CCNC(=NCc1ccc(C(N)=O)cc1)N1CCN(Cc2cc(OC)ccc2OC)CC1. The number of aliphatic imine (C=N–C) groups is 1. The fourth-order valence-corrected chi connectivity index (χ4v) is 3.73. The Hall–Kier alpha value is -3.26. The summed E-state index contributed by atoms with van der Waals surface area (Å²) in [6.45, 7) is 7.87. The molecule has 0 spiro atoms. The first-order valence-corrected chi connectivity index (χ1v) is 10.9. The first kappa shape index (κ1) is 23.4. The van der Waals surface area contributed by atoms with Crippen LogP contribution in [0.1, 0.15) is 28.4 Å². The van der Waals surface area contributed by atoms with Gasteiger partial charge in [0.25, 0.3) is 0 Å². The van der Waals surface area contributed by atoms with Gasteiger partial charge in [-0.2, -0.15) is 0 Å². The Labute approximate surface area is 190 Å². The second-order valence-electron chi connectivity index (χ2n) is 7.67. The molecule has 1 aliphatic rings. The third-order valence-corrected chi connectivity index (χ3v) is 5.54. The summed E-state index contributed by atoms with van der Waals surface area (Å²) in [6, 6.07) is 13.2. The molecular formula is C24H33N5O3. The molecule has 0 aromatic heterocycles. The van der Waals surface area contributed by atoms with Crippen LogP contribution in [-0.2, 0) is 13.1 Å². The summed E-state index contributed by atoms with van der Waals surface area (Å²) in [7, 11) is 3.38. The number of hydrogen-bond acceptors (Lipinski definition) is 5. The highest BCUT2D eigenvalue weighted by Gasteiger charge is 2.21. The summed E-state index contributed by atoms with van der Waals surface area (Å²) >= 11 is 0. The van der Waals surface area contributed by atoms with Gasteiger partial charge in [-0.1, -0.05) is 12.1 Å². The summed E-state index contributed by atoms with van der Waals surface area (Å²) in [4.78, 5) is 20.8. The van der Waals surface area contributed by atoms with E-state index in [1.807, 2.05) is 30.3 Å². The number of primary amides is 1. The Bertz CT molecular complexity index is 922. The molecule has 32 heavy (non-hydrogen) atoms. The fourth-order valence-electron chi connectivity index (χ4n) is 3.73. The maximum Gasteiger partial charge on any atom is 0.248 e. The van der Waals surface area contributed by atoms with Gasteiger partial charge in [-0.25, -0.2) is 4.99 Å². The molecule has 1 amide bonds. The zero-order valence-electron chi connectivity index (χ0n) is 19.1. The summed E-state index contributed by atoms with van der Waals surface area (Å²) in [6.07, 6.45) is 0. The summed E-state index contributed by atoms with van der Waals surface area (Å²) in [5.41, 5.74) is 7.98. The highest BCUT2D eigenvalue weighted by atomic mass is 16.5. The van der Waals surface area contributed by atoms with Crippen molar-refractivity contribution in [1.29, 1.82) is 0 Å². The molecule has 8 nitrogen and oxygen atoms in total. The molecule has 1 heterocycles. The number of piperazine rings is 1. The van der Waals surface area contributed by atoms with E-state index in [0.29, 0.717) is 12.1 Å². The lowest BCUT2D eigenvalue weighted by Gasteiger charge is -2.36. The van der Waals surface area contributed by atoms with Crippen molar-refractivity contribution in [2.45, 2.75) is 20.0 Å². The number of hydrogen-bond donors (Lipinski definition) is 2. The largest absolute Gasteiger partial charge is 0.497 e. The minimum atomic E-state index is -0.419. The minimum Gasteiger partial charge on any atom is -0.497 e. The van der Waals surface area contributed by atoms with E-state index in [1.165, 1.54) is 0 Å². The van der Waals surface area contributed by atoms with Crippen LogP contribution in [0.4, 0.5) is 0 Å². The average Bonchev–Trinajstić information content (AvgIpc) is 2.82. The quantitative estimate of drug-likeness (QED) is 0.483. The van der Waals surface area contributed by atoms with Crippen molar-refractivity contribution in [3.05, 3.63) is 59.2 Å². The number of carbonyl (C=O) groups is 1. The molecule has 1 aliphatic heterocycles. The van der Waals surface area contributed by atoms with E-state index in [0.717, 1.165) is 67.9 Å². The number of guanidine groups is 1. The Morgan fingerprint density at radius 2 is 1.78 bits per heavy atom. The predicted molar refractivity (Wildman–Crippen MR) is 126 cm³/mol. The molecule has 0 radical (unpaired) electrons. The molecular weight excluding hydrogens is 406 g/mol. The van der Waals surface area contributed by atoms with Crippen molar-refractivity contribution in [1.82, 2.24) is 15.1 Å². The molecule has 0 aliphatic carbocycles. The number of benzene rings is 2. The van der Waals surface area contributed by atoms with Crippen LogP contribution in [0.2, 0.25) is 0 Å². The second-order valence-corrected chi connectivity index (χ2v) is 7.67. The Morgan fingerprint density at radius 1 is 1.06 bits per heavy atom. The van der Waals surface area contributed by atoms with E-state index in [-0.39, 0.29) is 0 Å². The van der Waals surface area contributed by atoms with Crippen LogP contribution in [0.25, 0.3) is 0 Å². The zero-order valence-corrected chi connectivity index (χ0v) is 19.1. The van der Waals surface area contributed by atoms with Crippen LogP contribution in [0.15, 0.2) is 47.5 Å². The molecule has 0 atom stereocenters. The van der Waals surface area contributed by atoms with E-state index in [1.54, 1.807) is 26.4 Å². The van der Waals surface area contributed by atoms with Crippen LogP contribution in [0.5, 0.6) is 11.5 Å². The molecule has 172 valence electrons. The summed E-state index contributed by atoms with van der Waals surface area (Å²) < 4.78 is 10.9. The van der Waals surface area contributed by atoms with Gasteiger partial charge in [0.2, 0.25) is 5.91 Å². The topological polar surface area (TPSA) is 92.4 Å². The normalized spacial score (nSPS) is 14.8. The van der Waals surface area contributed by atoms with E-state index in [9.17, 15) is 4.79 Å². The third-order valence-electron chi connectivity index (χ3n) is 5.54. The highest BCUT2D eigenvalue weighted by Crippen LogP contribution is 2.25. The molecule has 1 saturated heterocycles. The van der Waals surface area contributed by atoms with Gasteiger partial charge in [-0.3, -0.25) is 9.69 Å². The standard InChI is InChI=1S/C24H33N5O3/c1-4-26-24(27-16-18-5-7-19(8-6-18)23(25)30)29-13-11-28(12-14-29)17-20-15-21(31-2)9-10-22(20)32-3/h5-10,15H,4,11-14,16-17H2,1-3H3,(H2,25,30)(H,26,27). The van der Waals surface area contributed by atoms with Crippen LogP contribution in [-0.4, -0.2) is 68.6 Å². The number of nitrogens with zero attached hydrogens (tertiary/aromatic N) is 3. The first-order valence-electron chi connectivity index (χ1n) is 10.9. The van der Waals surface area contributed by atoms with E-state index < -0.39 is 5.91 Å². The van der Waals surface area contributed by atoms with Crippen molar-refractivity contribution >= 4 is 11.9 Å². The van der Waals surface area contributed by atoms with E-state index >= 15 is 0 Å². The molecule has 0 saturated carbocycles. The molecule has 0 unspecified atom stereocenters. The smallest absolute Gasteiger partial charge is 0.248 e. The predicted octanol–water partition coefficient (Wildman–Crippen LogP) is 2.09. The molecule has 2 aromatic rings.